The first-order valence-corrected chi connectivity index (χ1v) is 7.60. The lowest BCUT2D eigenvalue weighted by molar-refractivity contribution is 0.179. The van der Waals surface area contributed by atoms with E-state index in [0.29, 0.717) is 0 Å². The van der Waals surface area contributed by atoms with Crippen LogP contribution in [0.3, 0.4) is 0 Å². The van der Waals surface area contributed by atoms with Gasteiger partial charge in [0.25, 0.3) is 0 Å². The summed E-state index contributed by atoms with van der Waals surface area (Å²) >= 11 is 0. The van der Waals surface area contributed by atoms with E-state index in [2.05, 4.69) is 12.2 Å². The second kappa shape index (κ2) is 4.68. The summed E-state index contributed by atoms with van der Waals surface area (Å²) in [7, 11) is 0. The van der Waals surface area contributed by atoms with Crippen LogP contribution in [-0.4, -0.2) is 12.6 Å². The van der Waals surface area contributed by atoms with Gasteiger partial charge in [-0.05, 0) is 68.7 Å². The Balaban J connectivity index is 1.54. The van der Waals surface area contributed by atoms with Crippen LogP contribution < -0.4 is 5.32 Å². The Labute approximate surface area is 100 Å². The normalized spacial score (nSPS) is 39.9. The lowest BCUT2D eigenvalue weighted by atomic mass is 9.74. The van der Waals surface area contributed by atoms with Crippen molar-refractivity contribution in [2.45, 2.75) is 64.3 Å². The van der Waals surface area contributed by atoms with E-state index in [1.807, 2.05) is 0 Å². The zero-order valence-electron chi connectivity index (χ0n) is 10.8. The van der Waals surface area contributed by atoms with Gasteiger partial charge in [0.05, 0.1) is 0 Å². The fraction of sp³-hybridized carbons (Fsp3) is 1.00. The lowest BCUT2D eigenvalue weighted by Crippen LogP contribution is -2.41. The predicted molar refractivity (Wildman–Crippen MR) is 68.4 cm³/mol. The third kappa shape index (κ3) is 2.03. The molecule has 0 aromatic rings. The van der Waals surface area contributed by atoms with E-state index < -0.39 is 0 Å². The summed E-state index contributed by atoms with van der Waals surface area (Å²) in [6.45, 7) is 3.44. The van der Waals surface area contributed by atoms with Crippen LogP contribution in [0.5, 0.6) is 0 Å². The van der Waals surface area contributed by atoms with Crippen LogP contribution in [0.1, 0.15) is 58.3 Å². The molecule has 0 aromatic carbocycles. The molecule has 3 rings (SSSR count). The van der Waals surface area contributed by atoms with E-state index in [-0.39, 0.29) is 0 Å². The quantitative estimate of drug-likeness (QED) is 0.748. The smallest absolute Gasteiger partial charge is 0.00979 e. The molecule has 3 aliphatic rings. The number of fused-ring (bicyclic) bond motifs is 2. The van der Waals surface area contributed by atoms with Crippen molar-refractivity contribution in [3.63, 3.8) is 0 Å². The Bertz CT molecular complexity index is 234. The number of rotatable bonds is 5. The van der Waals surface area contributed by atoms with Crippen LogP contribution in [0.2, 0.25) is 0 Å². The Morgan fingerprint density at radius 1 is 1.12 bits per heavy atom. The molecule has 1 nitrogen and oxygen atoms in total. The van der Waals surface area contributed by atoms with Crippen LogP contribution in [0, 0.1) is 23.7 Å². The molecule has 3 saturated carbocycles. The molecule has 3 aliphatic carbocycles. The number of hydrogen-bond donors (Lipinski definition) is 1. The molecule has 3 fully saturated rings. The standard InChI is InChI=1S/C15H27N/c1-2-16-15(12-4-3-5-12)10-14-9-11-6-7-13(14)8-11/h11-16H,2-10H2,1H3. The van der Waals surface area contributed by atoms with E-state index in [4.69, 9.17) is 0 Å². The predicted octanol–water partition coefficient (Wildman–Crippen LogP) is 3.59. The average molecular weight is 221 g/mol. The van der Waals surface area contributed by atoms with Gasteiger partial charge in [-0.15, -0.1) is 0 Å². The fourth-order valence-corrected chi connectivity index (χ4v) is 4.54. The van der Waals surface area contributed by atoms with Crippen molar-refractivity contribution in [2.75, 3.05) is 6.54 Å². The van der Waals surface area contributed by atoms with Gasteiger partial charge in [-0.1, -0.05) is 19.8 Å². The van der Waals surface area contributed by atoms with Gasteiger partial charge in [0.15, 0.2) is 0 Å². The Morgan fingerprint density at radius 2 is 2.00 bits per heavy atom. The third-order valence-corrected chi connectivity index (χ3v) is 5.63. The Kier molecular flexibility index (Phi) is 3.24. The molecule has 0 aliphatic heterocycles. The number of nitrogens with one attached hydrogen (secondary N) is 1. The molecular formula is C15H27N. The van der Waals surface area contributed by atoms with Crippen molar-refractivity contribution in [1.29, 1.82) is 0 Å². The molecule has 4 atom stereocenters. The summed E-state index contributed by atoms with van der Waals surface area (Å²) in [6, 6.07) is 0.864. The van der Waals surface area contributed by atoms with E-state index in [0.717, 1.165) is 29.7 Å². The largest absolute Gasteiger partial charge is 0.314 e. The maximum atomic E-state index is 3.77. The van der Waals surface area contributed by atoms with Gasteiger partial charge in [0.2, 0.25) is 0 Å². The minimum absolute atomic E-state index is 0.864. The van der Waals surface area contributed by atoms with E-state index >= 15 is 0 Å². The first-order chi connectivity index (χ1) is 7.86. The van der Waals surface area contributed by atoms with E-state index in [1.54, 1.807) is 25.7 Å². The molecule has 0 amide bonds. The van der Waals surface area contributed by atoms with Crippen LogP contribution in [0.25, 0.3) is 0 Å². The highest BCUT2D eigenvalue weighted by Crippen LogP contribution is 2.50. The summed E-state index contributed by atoms with van der Waals surface area (Å²) in [5, 5.41) is 3.77. The van der Waals surface area contributed by atoms with Gasteiger partial charge in [0.1, 0.15) is 0 Å². The molecule has 1 heteroatoms. The molecule has 1 N–H and O–H groups in total. The molecule has 4 unspecified atom stereocenters. The summed E-state index contributed by atoms with van der Waals surface area (Å²) in [4.78, 5) is 0. The minimum atomic E-state index is 0.864. The van der Waals surface area contributed by atoms with Crippen molar-refractivity contribution in [3.05, 3.63) is 0 Å². The van der Waals surface area contributed by atoms with E-state index in [1.165, 1.54) is 32.2 Å². The second-order valence-electron chi connectivity index (χ2n) is 6.53. The fourth-order valence-electron chi connectivity index (χ4n) is 4.54. The Morgan fingerprint density at radius 3 is 2.50 bits per heavy atom. The van der Waals surface area contributed by atoms with Crippen LogP contribution in [0.4, 0.5) is 0 Å². The van der Waals surface area contributed by atoms with Crippen LogP contribution >= 0.6 is 0 Å². The van der Waals surface area contributed by atoms with E-state index in [9.17, 15) is 0 Å². The first kappa shape index (κ1) is 11.1. The topological polar surface area (TPSA) is 12.0 Å². The second-order valence-corrected chi connectivity index (χ2v) is 6.53. The molecule has 0 spiro atoms. The molecule has 92 valence electrons. The lowest BCUT2D eigenvalue weighted by Gasteiger charge is -2.37. The molecule has 0 heterocycles. The zero-order valence-corrected chi connectivity index (χ0v) is 10.8. The maximum Gasteiger partial charge on any atom is 0.00979 e. The van der Waals surface area contributed by atoms with Crippen molar-refractivity contribution in [3.8, 4) is 0 Å². The van der Waals surface area contributed by atoms with Crippen molar-refractivity contribution in [1.82, 2.24) is 5.32 Å². The molecular weight excluding hydrogens is 194 g/mol. The van der Waals surface area contributed by atoms with Gasteiger partial charge in [0, 0.05) is 6.04 Å². The molecule has 16 heavy (non-hydrogen) atoms. The maximum absolute atomic E-state index is 3.77. The van der Waals surface area contributed by atoms with Gasteiger partial charge in [-0.3, -0.25) is 0 Å². The third-order valence-electron chi connectivity index (χ3n) is 5.63. The van der Waals surface area contributed by atoms with Crippen LogP contribution in [0.15, 0.2) is 0 Å². The molecule has 0 radical (unpaired) electrons. The summed E-state index contributed by atoms with van der Waals surface area (Å²) in [5.41, 5.74) is 0. The molecule has 0 aromatic heterocycles. The van der Waals surface area contributed by atoms with Crippen molar-refractivity contribution >= 4 is 0 Å². The summed E-state index contributed by atoms with van der Waals surface area (Å²) in [5.74, 6) is 4.35. The highest BCUT2D eigenvalue weighted by molar-refractivity contribution is 4.93. The Hall–Kier alpha value is -0.0400. The zero-order chi connectivity index (χ0) is 11.0. The summed E-state index contributed by atoms with van der Waals surface area (Å²) in [6.07, 6.45) is 12.2. The minimum Gasteiger partial charge on any atom is -0.314 e. The SMILES string of the molecule is CCNC(CC1CC2CCC1C2)C1CCC1. The van der Waals surface area contributed by atoms with Gasteiger partial charge >= 0.3 is 0 Å². The first-order valence-electron chi connectivity index (χ1n) is 7.60. The highest BCUT2D eigenvalue weighted by Gasteiger charge is 2.41. The summed E-state index contributed by atoms with van der Waals surface area (Å²) < 4.78 is 0. The highest BCUT2D eigenvalue weighted by atomic mass is 14.9. The van der Waals surface area contributed by atoms with Gasteiger partial charge < -0.3 is 5.32 Å². The number of hydrogen-bond acceptors (Lipinski definition) is 1. The monoisotopic (exact) mass is 221 g/mol. The van der Waals surface area contributed by atoms with Crippen LogP contribution in [-0.2, 0) is 0 Å². The van der Waals surface area contributed by atoms with Gasteiger partial charge in [-0.2, -0.15) is 0 Å². The molecule has 0 saturated heterocycles. The average Bonchev–Trinajstić information content (AvgIpc) is 2.76. The van der Waals surface area contributed by atoms with Gasteiger partial charge in [-0.25, -0.2) is 0 Å². The van der Waals surface area contributed by atoms with Crippen molar-refractivity contribution in [2.24, 2.45) is 23.7 Å². The van der Waals surface area contributed by atoms with Crippen molar-refractivity contribution < 1.29 is 0 Å². The molecule has 2 bridgehead atoms.